The lowest BCUT2D eigenvalue weighted by Gasteiger charge is -2.46. The molecule has 12 heteroatoms. The van der Waals surface area contributed by atoms with Crippen molar-refractivity contribution in [1.29, 1.82) is 0 Å². The van der Waals surface area contributed by atoms with Gasteiger partial charge in [0.05, 0.1) is 12.1 Å². The molecule has 41 heavy (non-hydrogen) atoms. The number of hydrogen-bond acceptors (Lipinski definition) is 7. The molecule has 2 atom stereocenters. The molecule has 2 aromatic rings. The molecule has 0 N–H and O–H groups in total. The van der Waals surface area contributed by atoms with Crippen molar-refractivity contribution in [3.63, 3.8) is 0 Å². The lowest BCUT2D eigenvalue weighted by molar-refractivity contribution is -0.164. The summed E-state index contributed by atoms with van der Waals surface area (Å²) in [5.74, 6) is 0.188. The summed E-state index contributed by atoms with van der Waals surface area (Å²) >= 11 is 0. The van der Waals surface area contributed by atoms with Crippen LogP contribution in [0.3, 0.4) is 0 Å². The number of hydroxylamine groups is 2. The predicted molar refractivity (Wildman–Crippen MR) is 155 cm³/mol. The van der Waals surface area contributed by atoms with Crippen molar-refractivity contribution in [2.24, 2.45) is 0 Å². The van der Waals surface area contributed by atoms with Crippen LogP contribution in [0.1, 0.15) is 52.0 Å². The first-order valence-corrected chi connectivity index (χ1v) is 17.4. The van der Waals surface area contributed by atoms with Gasteiger partial charge in [-0.2, -0.15) is 5.06 Å². The molecule has 3 saturated heterocycles. The summed E-state index contributed by atoms with van der Waals surface area (Å²) in [6.07, 6.45) is 7.18. The Morgan fingerprint density at radius 1 is 1.07 bits per heavy atom. The van der Waals surface area contributed by atoms with E-state index < -0.39 is 14.0 Å². The number of benzene rings is 1. The number of likely N-dealkylation sites (tertiary alicyclic amines) is 1. The zero-order valence-corrected chi connectivity index (χ0v) is 25.7. The molecule has 0 unspecified atom stereocenters. The summed E-state index contributed by atoms with van der Waals surface area (Å²) in [5, 5.41) is 1.49. The highest BCUT2D eigenvalue weighted by Crippen LogP contribution is 2.39. The largest absolute Gasteiger partial charge is 0.444 e. The van der Waals surface area contributed by atoms with Crippen LogP contribution in [0.5, 0.6) is 0 Å². The summed E-state index contributed by atoms with van der Waals surface area (Å²) in [4.78, 5) is 52.0. The first-order chi connectivity index (χ1) is 19.5. The minimum absolute atomic E-state index is 0.0879. The van der Waals surface area contributed by atoms with E-state index in [0.717, 1.165) is 18.4 Å². The average Bonchev–Trinajstić information content (AvgIpc) is 3.54. The number of hydrogen-bond donors (Lipinski definition) is 0. The van der Waals surface area contributed by atoms with Gasteiger partial charge in [-0.05, 0) is 65.1 Å². The van der Waals surface area contributed by atoms with Crippen molar-refractivity contribution in [2.45, 2.75) is 89.9 Å². The second-order valence-corrected chi connectivity index (χ2v) is 16.7. The van der Waals surface area contributed by atoms with Crippen molar-refractivity contribution >= 4 is 26.4 Å². The minimum Gasteiger partial charge on any atom is -0.444 e. The number of amides is 3. The van der Waals surface area contributed by atoms with E-state index in [0.29, 0.717) is 32.5 Å². The second kappa shape index (κ2) is 11.6. The summed E-state index contributed by atoms with van der Waals surface area (Å²) in [7, 11) is -2.38. The van der Waals surface area contributed by atoms with Gasteiger partial charge < -0.3 is 14.2 Å². The van der Waals surface area contributed by atoms with Crippen LogP contribution in [0.2, 0.25) is 13.1 Å². The van der Waals surface area contributed by atoms with Crippen LogP contribution >= 0.6 is 0 Å². The third-order valence-corrected chi connectivity index (χ3v) is 12.0. The Morgan fingerprint density at radius 3 is 2.41 bits per heavy atom. The third-order valence-electron chi connectivity index (χ3n) is 8.31. The summed E-state index contributed by atoms with van der Waals surface area (Å²) in [5.41, 5.74) is 0.435. The monoisotopic (exact) mass is 582 g/mol. The molecule has 3 fully saturated rings. The van der Waals surface area contributed by atoms with Crippen molar-refractivity contribution < 1.29 is 24.0 Å². The first kappa shape index (κ1) is 29.3. The Hall–Kier alpha value is -3.22. The van der Waals surface area contributed by atoms with Gasteiger partial charge in [0.1, 0.15) is 18.5 Å². The van der Waals surface area contributed by atoms with E-state index in [-0.39, 0.29) is 42.8 Å². The third kappa shape index (κ3) is 6.19. The van der Waals surface area contributed by atoms with Gasteiger partial charge in [-0.3, -0.25) is 18.8 Å². The summed E-state index contributed by atoms with van der Waals surface area (Å²) in [6.45, 7) is 12.0. The van der Waals surface area contributed by atoms with Gasteiger partial charge in [-0.15, -0.1) is 0 Å². The molecule has 1 aromatic carbocycles. The molecule has 11 nitrogen and oxygen atoms in total. The Kier molecular flexibility index (Phi) is 8.26. The zero-order chi connectivity index (χ0) is 29.4. The molecule has 222 valence electrons. The molecule has 3 amide bonds. The maximum atomic E-state index is 13.9. The predicted octanol–water partition coefficient (Wildman–Crippen LogP) is 4.06. The van der Waals surface area contributed by atoms with Crippen molar-refractivity contribution in [3.05, 3.63) is 54.6 Å². The number of fused-ring (bicyclic) bond motifs is 1. The lowest BCUT2D eigenvalue weighted by atomic mass is 9.98. The number of ether oxygens (including phenoxy) is 1. The lowest BCUT2D eigenvalue weighted by Crippen LogP contribution is -2.63. The molecule has 0 radical (unpaired) electrons. The van der Waals surface area contributed by atoms with E-state index in [1.807, 2.05) is 51.1 Å². The number of rotatable bonds is 5. The number of nitrogens with zero attached hydrogens (tertiary/aromatic N) is 6. The van der Waals surface area contributed by atoms with Crippen LogP contribution in [0.25, 0.3) is 0 Å². The standard InChI is InChI=1S/C29H42N6O5Si/c1-29(2,3)40-28(38)31-16-13-23(14-17-31)35-26(36)25-12-11-24(19-33(25)41(35,4)5)34(27(37)32-18-15-30-21-32)39-20-22-9-7-6-8-10-22/h6-10,15,18,21,23-25H,11-14,16-17,19-20H2,1-5H3/t24-,25+/m1/s1. The molecule has 0 saturated carbocycles. The minimum atomic E-state index is -2.38. The van der Waals surface area contributed by atoms with Crippen LogP contribution in [-0.4, -0.2) is 98.4 Å². The fraction of sp³-hybridized carbons (Fsp3) is 0.586. The fourth-order valence-corrected chi connectivity index (χ4v) is 10.1. The van der Waals surface area contributed by atoms with Gasteiger partial charge in [0.15, 0.2) is 0 Å². The maximum Gasteiger partial charge on any atom is 0.410 e. The Labute approximate surface area is 243 Å². The van der Waals surface area contributed by atoms with Crippen LogP contribution in [-0.2, 0) is 21.0 Å². The van der Waals surface area contributed by atoms with Gasteiger partial charge in [-0.1, -0.05) is 30.3 Å². The molecule has 1 aromatic heterocycles. The summed E-state index contributed by atoms with van der Waals surface area (Å²) < 4.78 is 11.5. The number of carbonyl (C=O) groups is 3. The van der Waals surface area contributed by atoms with Crippen LogP contribution < -0.4 is 0 Å². The maximum absolute atomic E-state index is 13.9. The highest BCUT2D eigenvalue weighted by Gasteiger charge is 2.57. The Balaban J connectivity index is 1.29. The molecule has 0 aliphatic carbocycles. The van der Waals surface area contributed by atoms with Crippen molar-refractivity contribution in [2.75, 3.05) is 19.6 Å². The molecule has 5 rings (SSSR count). The molecule has 0 spiro atoms. The average molecular weight is 583 g/mol. The normalized spacial score (nSPS) is 23.4. The molecule has 4 heterocycles. The molecular formula is C29H42N6O5Si. The van der Waals surface area contributed by atoms with E-state index in [1.165, 1.54) is 16.0 Å². The molecule has 3 aliphatic rings. The van der Waals surface area contributed by atoms with Gasteiger partial charge in [0, 0.05) is 38.1 Å². The molecule has 3 aliphatic heterocycles. The Bertz CT molecular complexity index is 1230. The van der Waals surface area contributed by atoms with E-state index in [2.05, 4.69) is 27.2 Å². The van der Waals surface area contributed by atoms with Gasteiger partial charge in [0.25, 0.3) is 0 Å². The van der Waals surface area contributed by atoms with Crippen molar-refractivity contribution in [3.8, 4) is 0 Å². The van der Waals surface area contributed by atoms with E-state index >= 15 is 0 Å². The van der Waals surface area contributed by atoms with Crippen LogP contribution in [0.15, 0.2) is 49.1 Å². The Morgan fingerprint density at radius 2 is 1.78 bits per heavy atom. The van der Waals surface area contributed by atoms with Gasteiger partial charge in [0.2, 0.25) is 14.3 Å². The highest BCUT2D eigenvalue weighted by molar-refractivity contribution is 6.76. The van der Waals surface area contributed by atoms with Crippen LogP contribution in [0, 0.1) is 0 Å². The van der Waals surface area contributed by atoms with Gasteiger partial charge in [-0.25, -0.2) is 14.6 Å². The molecule has 0 bridgehead atoms. The number of aromatic nitrogens is 2. The fourth-order valence-electron chi connectivity index (χ4n) is 6.35. The molecular weight excluding hydrogens is 540 g/mol. The SMILES string of the molecule is CC(C)(C)OC(=O)N1CCC(N2C(=O)[C@@H]3CC[C@@H](N(OCc4ccccc4)C(=O)n4ccnc4)CN3[Si]2(C)C)CC1. The van der Waals surface area contributed by atoms with Crippen molar-refractivity contribution in [1.82, 2.24) is 28.6 Å². The van der Waals surface area contributed by atoms with E-state index in [1.54, 1.807) is 17.3 Å². The quantitative estimate of drug-likeness (QED) is 0.387. The first-order valence-electron chi connectivity index (χ1n) is 14.5. The summed E-state index contributed by atoms with van der Waals surface area (Å²) in [6, 6.07) is 9.18. The van der Waals surface area contributed by atoms with Gasteiger partial charge >= 0.3 is 12.1 Å². The topological polar surface area (TPSA) is 100 Å². The number of piperidine rings is 2. The van der Waals surface area contributed by atoms with E-state index in [9.17, 15) is 14.4 Å². The number of carbonyl (C=O) groups excluding carboxylic acids is 3. The second-order valence-electron chi connectivity index (χ2n) is 12.6. The zero-order valence-electron chi connectivity index (χ0n) is 24.7. The number of imidazole rings is 1. The van der Waals surface area contributed by atoms with Crippen LogP contribution in [0.4, 0.5) is 9.59 Å². The smallest absolute Gasteiger partial charge is 0.410 e. The highest BCUT2D eigenvalue weighted by atomic mass is 28.3. The van der Waals surface area contributed by atoms with E-state index in [4.69, 9.17) is 9.57 Å².